The van der Waals surface area contributed by atoms with E-state index in [0.717, 1.165) is 39.4 Å². The van der Waals surface area contributed by atoms with Crippen molar-refractivity contribution in [1.82, 2.24) is 14.9 Å². The number of morpholine rings is 1. The molecular weight excluding hydrogens is 344 g/mol. The Balaban J connectivity index is 1.61. The highest BCUT2D eigenvalue weighted by molar-refractivity contribution is 6.03. The Morgan fingerprint density at radius 3 is 2.89 bits per heavy atom. The fourth-order valence-electron chi connectivity index (χ4n) is 2.80. The summed E-state index contributed by atoms with van der Waals surface area (Å²) in [5, 5.41) is 15.0. The first kappa shape index (κ1) is 18.8. The third kappa shape index (κ3) is 5.48. The van der Waals surface area contributed by atoms with Crippen LogP contribution in [0.4, 0.5) is 11.5 Å². The van der Waals surface area contributed by atoms with Crippen LogP contribution in [0.5, 0.6) is 0 Å². The number of rotatable bonds is 6. The molecule has 0 radical (unpaired) electrons. The highest BCUT2D eigenvalue weighted by Crippen LogP contribution is 2.13. The largest absolute Gasteiger partial charge is 0.379 e. The van der Waals surface area contributed by atoms with Crippen molar-refractivity contribution in [2.45, 2.75) is 6.92 Å². The van der Waals surface area contributed by atoms with Crippen molar-refractivity contribution in [2.24, 2.45) is 0 Å². The molecule has 2 N–H and O–H groups in total. The third-order valence-corrected chi connectivity index (χ3v) is 4.16. The molecule has 8 nitrogen and oxygen atoms in total. The molecule has 8 heteroatoms. The predicted molar refractivity (Wildman–Crippen MR) is 102 cm³/mol. The number of nitrogens with one attached hydrogen (secondary N) is 2. The summed E-state index contributed by atoms with van der Waals surface area (Å²) in [6.45, 7) is 6.75. The average Bonchev–Trinajstić information content (AvgIpc) is 2.68. The first-order valence-corrected chi connectivity index (χ1v) is 8.85. The lowest BCUT2D eigenvalue weighted by molar-refractivity contribution is 0.0398. The fourth-order valence-corrected chi connectivity index (χ4v) is 2.80. The summed E-state index contributed by atoms with van der Waals surface area (Å²) >= 11 is 0. The van der Waals surface area contributed by atoms with E-state index in [-0.39, 0.29) is 11.6 Å². The molecule has 1 aliphatic heterocycles. The number of carbonyl (C=O) groups excluding carboxylic acids is 1. The Bertz CT molecular complexity index is 842. The number of hydrogen-bond donors (Lipinski definition) is 2. The summed E-state index contributed by atoms with van der Waals surface area (Å²) in [6.07, 6.45) is 0. The maximum Gasteiger partial charge on any atom is 0.274 e. The maximum atomic E-state index is 12.5. The van der Waals surface area contributed by atoms with Gasteiger partial charge in [0.05, 0.1) is 24.8 Å². The summed E-state index contributed by atoms with van der Waals surface area (Å²) in [4.78, 5) is 23.4. The summed E-state index contributed by atoms with van der Waals surface area (Å²) in [5.74, 6) is 0.792. The first-order chi connectivity index (χ1) is 13.1. The van der Waals surface area contributed by atoms with Crippen molar-refractivity contribution in [2.75, 3.05) is 50.0 Å². The van der Waals surface area contributed by atoms with Gasteiger partial charge < -0.3 is 15.4 Å². The molecule has 140 valence electrons. The van der Waals surface area contributed by atoms with Crippen LogP contribution in [0.2, 0.25) is 0 Å². The Morgan fingerprint density at radius 2 is 2.11 bits per heavy atom. The highest BCUT2D eigenvalue weighted by Gasteiger charge is 2.13. The van der Waals surface area contributed by atoms with Gasteiger partial charge in [0, 0.05) is 37.9 Å². The standard InChI is InChI=1S/C19H22N6O2/c1-14-22-17(19(26)24-16-4-2-3-15(11-16)13-20)12-18(23-14)21-5-6-25-7-9-27-10-8-25/h2-4,11-12H,5-10H2,1H3,(H,24,26)(H,21,22,23). The van der Waals surface area contributed by atoms with E-state index in [0.29, 0.717) is 22.9 Å². The van der Waals surface area contributed by atoms with E-state index in [2.05, 4.69) is 31.6 Å². The van der Waals surface area contributed by atoms with E-state index >= 15 is 0 Å². The predicted octanol–water partition coefficient (Wildman–Crippen LogP) is 1.65. The molecule has 1 saturated heterocycles. The minimum absolute atomic E-state index is 0.277. The molecule has 0 aliphatic carbocycles. The molecule has 3 rings (SSSR count). The molecule has 1 amide bonds. The number of aryl methyl sites for hydroxylation is 1. The fraction of sp³-hybridized carbons (Fsp3) is 0.368. The molecule has 0 saturated carbocycles. The number of hydrogen-bond acceptors (Lipinski definition) is 7. The Labute approximate surface area is 158 Å². The summed E-state index contributed by atoms with van der Waals surface area (Å²) in [7, 11) is 0. The SMILES string of the molecule is Cc1nc(NCCN2CCOCC2)cc(C(=O)Nc2cccc(C#N)c2)n1. The molecule has 1 aliphatic rings. The number of nitrogens with zero attached hydrogens (tertiary/aromatic N) is 4. The third-order valence-electron chi connectivity index (χ3n) is 4.16. The number of amides is 1. The first-order valence-electron chi connectivity index (χ1n) is 8.85. The Hall–Kier alpha value is -3.02. The molecule has 0 atom stereocenters. The zero-order chi connectivity index (χ0) is 19.1. The van der Waals surface area contributed by atoms with Gasteiger partial charge in [0.15, 0.2) is 0 Å². The van der Waals surface area contributed by atoms with E-state index in [9.17, 15) is 4.79 Å². The summed E-state index contributed by atoms with van der Waals surface area (Å²) in [6, 6.07) is 10.4. The number of ether oxygens (including phenoxy) is 1. The lowest BCUT2D eigenvalue weighted by Crippen LogP contribution is -2.39. The molecular formula is C19H22N6O2. The summed E-state index contributed by atoms with van der Waals surface area (Å²) in [5.41, 5.74) is 1.31. The van der Waals surface area contributed by atoms with E-state index in [1.54, 1.807) is 37.3 Å². The van der Waals surface area contributed by atoms with Gasteiger partial charge in [-0.1, -0.05) is 6.07 Å². The van der Waals surface area contributed by atoms with Gasteiger partial charge in [-0.3, -0.25) is 9.69 Å². The van der Waals surface area contributed by atoms with Gasteiger partial charge in [0.2, 0.25) is 0 Å². The van der Waals surface area contributed by atoms with Crippen molar-refractivity contribution in [3.8, 4) is 6.07 Å². The van der Waals surface area contributed by atoms with Crippen molar-refractivity contribution >= 4 is 17.4 Å². The van der Waals surface area contributed by atoms with Gasteiger partial charge in [-0.2, -0.15) is 5.26 Å². The van der Waals surface area contributed by atoms with Gasteiger partial charge >= 0.3 is 0 Å². The normalized spacial score (nSPS) is 14.4. The quantitative estimate of drug-likeness (QED) is 0.801. The van der Waals surface area contributed by atoms with E-state index in [4.69, 9.17) is 10.00 Å². The van der Waals surface area contributed by atoms with Crippen molar-refractivity contribution in [3.63, 3.8) is 0 Å². The lowest BCUT2D eigenvalue weighted by Gasteiger charge is -2.26. The second kappa shape index (κ2) is 9.07. The molecule has 1 aromatic carbocycles. The second-order valence-corrected chi connectivity index (χ2v) is 6.21. The van der Waals surface area contributed by atoms with Crippen LogP contribution in [0, 0.1) is 18.3 Å². The lowest BCUT2D eigenvalue weighted by atomic mass is 10.2. The topological polar surface area (TPSA) is 103 Å². The van der Waals surface area contributed by atoms with Gasteiger partial charge in [0.25, 0.3) is 5.91 Å². The highest BCUT2D eigenvalue weighted by atomic mass is 16.5. The molecule has 0 spiro atoms. The molecule has 1 aromatic heterocycles. The number of carbonyl (C=O) groups is 1. The van der Waals surface area contributed by atoms with Crippen LogP contribution in [0.15, 0.2) is 30.3 Å². The van der Waals surface area contributed by atoms with Crippen molar-refractivity contribution in [3.05, 3.63) is 47.4 Å². The van der Waals surface area contributed by atoms with Crippen LogP contribution in [-0.4, -0.2) is 60.2 Å². The zero-order valence-electron chi connectivity index (χ0n) is 15.2. The van der Waals surface area contributed by atoms with Gasteiger partial charge in [-0.25, -0.2) is 9.97 Å². The van der Waals surface area contributed by atoms with Gasteiger partial charge in [-0.15, -0.1) is 0 Å². The van der Waals surface area contributed by atoms with Crippen LogP contribution in [-0.2, 0) is 4.74 Å². The number of benzene rings is 1. The average molecular weight is 366 g/mol. The molecule has 1 fully saturated rings. The molecule has 2 aromatic rings. The minimum atomic E-state index is -0.341. The van der Waals surface area contributed by atoms with Gasteiger partial charge in [-0.05, 0) is 25.1 Å². The Morgan fingerprint density at radius 1 is 1.30 bits per heavy atom. The number of nitriles is 1. The van der Waals surface area contributed by atoms with Crippen LogP contribution in [0.25, 0.3) is 0 Å². The molecule has 0 bridgehead atoms. The van der Waals surface area contributed by atoms with Crippen LogP contribution < -0.4 is 10.6 Å². The molecule has 27 heavy (non-hydrogen) atoms. The van der Waals surface area contributed by atoms with E-state index in [1.807, 2.05) is 0 Å². The molecule has 2 heterocycles. The van der Waals surface area contributed by atoms with Crippen LogP contribution in [0.1, 0.15) is 21.9 Å². The minimum Gasteiger partial charge on any atom is -0.379 e. The van der Waals surface area contributed by atoms with Gasteiger partial charge in [0.1, 0.15) is 17.3 Å². The van der Waals surface area contributed by atoms with Crippen LogP contribution in [0.3, 0.4) is 0 Å². The number of anilines is 2. The van der Waals surface area contributed by atoms with E-state index in [1.165, 1.54) is 0 Å². The summed E-state index contributed by atoms with van der Waals surface area (Å²) < 4.78 is 5.34. The maximum absolute atomic E-state index is 12.5. The second-order valence-electron chi connectivity index (χ2n) is 6.21. The monoisotopic (exact) mass is 366 g/mol. The van der Waals surface area contributed by atoms with Crippen molar-refractivity contribution in [1.29, 1.82) is 5.26 Å². The van der Waals surface area contributed by atoms with Crippen molar-refractivity contribution < 1.29 is 9.53 Å². The van der Waals surface area contributed by atoms with Crippen LogP contribution >= 0.6 is 0 Å². The Kier molecular flexibility index (Phi) is 6.30. The smallest absolute Gasteiger partial charge is 0.274 e. The number of aromatic nitrogens is 2. The zero-order valence-corrected chi connectivity index (χ0v) is 15.2. The van der Waals surface area contributed by atoms with E-state index < -0.39 is 0 Å². The molecule has 0 unspecified atom stereocenters.